The molecular weight excluding hydrogens is 284 g/mol. The second-order valence-electron chi connectivity index (χ2n) is 4.52. The van der Waals surface area contributed by atoms with E-state index >= 15 is 0 Å². The molecule has 2 unspecified atom stereocenters. The summed E-state index contributed by atoms with van der Waals surface area (Å²) in [6, 6.07) is 9.38. The molecule has 0 aliphatic carbocycles. The van der Waals surface area contributed by atoms with Crippen LogP contribution in [0, 0.1) is 11.6 Å². The first kappa shape index (κ1) is 14.8. The van der Waals surface area contributed by atoms with Crippen LogP contribution in [-0.2, 0) is 0 Å². The van der Waals surface area contributed by atoms with Gasteiger partial charge in [-0.2, -0.15) is 0 Å². The van der Waals surface area contributed by atoms with E-state index in [0.29, 0.717) is 5.75 Å². The Bertz CT molecular complexity index is 587. The molecule has 2 N–H and O–H groups in total. The van der Waals surface area contributed by atoms with E-state index in [1.54, 1.807) is 19.1 Å². The minimum absolute atomic E-state index is 0.165. The first-order valence-electron chi connectivity index (χ1n) is 6.10. The molecule has 0 aliphatic rings. The molecule has 0 radical (unpaired) electrons. The van der Waals surface area contributed by atoms with Gasteiger partial charge in [-0.3, -0.25) is 0 Å². The smallest absolute Gasteiger partial charge is 0.139 e. The predicted octanol–water partition coefficient (Wildman–Crippen LogP) is 4.09. The summed E-state index contributed by atoms with van der Waals surface area (Å²) in [4.78, 5) is 0. The lowest BCUT2D eigenvalue weighted by Crippen LogP contribution is -2.29. The summed E-state index contributed by atoms with van der Waals surface area (Å²) in [5.41, 5.74) is 6.62. The molecule has 0 heterocycles. The number of nitrogens with two attached hydrogens (primary N) is 1. The standard InChI is InChI=1S/C15H14ClF2NO/c1-9(19)15(10-2-4-11(17)5-3-10)20-14-7-6-12(18)8-13(14)16/h2-9,15H,19H2,1H3. The second kappa shape index (κ2) is 6.20. The van der Waals surface area contributed by atoms with Crippen molar-refractivity contribution in [3.05, 3.63) is 64.7 Å². The van der Waals surface area contributed by atoms with Gasteiger partial charge in [-0.25, -0.2) is 8.78 Å². The average molecular weight is 298 g/mol. The molecule has 20 heavy (non-hydrogen) atoms. The van der Waals surface area contributed by atoms with E-state index in [-0.39, 0.29) is 16.9 Å². The maximum Gasteiger partial charge on any atom is 0.139 e. The molecule has 2 aromatic carbocycles. The molecule has 0 bridgehead atoms. The van der Waals surface area contributed by atoms with Crippen LogP contribution < -0.4 is 10.5 Å². The Labute approximate surface area is 121 Å². The van der Waals surface area contributed by atoms with Crippen molar-refractivity contribution in [3.8, 4) is 5.75 Å². The highest BCUT2D eigenvalue weighted by molar-refractivity contribution is 6.32. The molecule has 2 rings (SSSR count). The van der Waals surface area contributed by atoms with Crippen molar-refractivity contribution in [3.63, 3.8) is 0 Å². The molecule has 2 aromatic rings. The number of halogens is 3. The maximum absolute atomic E-state index is 13.0. The molecule has 2 atom stereocenters. The maximum atomic E-state index is 13.0. The summed E-state index contributed by atoms with van der Waals surface area (Å²) in [7, 11) is 0. The molecular formula is C15H14ClF2NO. The number of rotatable bonds is 4. The van der Waals surface area contributed by atoms with Gasteiger partial charge >= 0.3 is 0 Å². The van der Waals surface area contributed by atoms with Crippen LogP contribution in [0.3, 0.4) is 0 Å². The Morgan fingerprint density at radius 2 is 1.65 bits per heavy atom. The molecule has 5 heteroatoms. The van der Waals surface area contributed by atoms with Crippen LogP contribution in [0.1, 0.15) is 18.6 Å². The van der Waals surface area contributed by atoms with Crippen molar-refractivity contribution in [2.45, 2.75) is 19.1 Å². The van der Waals surface area contributed by atoms with E-state index in [4.69, 9.17) is 22.1 Å². The highest BCUT2D eigenvalue weighted by Gasteiger charge is 2.19. The summed E-state index contributed by atoms with van der Waals surface area (Å²) in [5.74, 6) is -0.446. The van der Waals surface area contributed by atoms with Crippen LogP contribution in [0.15, 0.2) is 42.5 Å². The van der Waals surface area contributed by atoms with Crippen LogP contribution in [-0.4, -0.2) is 6.04 Å². The van der Waals surface area contributed by atoms with Crippen LogP contribution in [0.25, 0.3) is 0 Å². The van der Waals surface area contributed by atoms with E-state index in [0.717, 1.165) is 5.56 Å². The largest absolute Gasteiger partial charge is 0.483 e. The fourth-order valence-electron chi connectivity index (χ4n) is 1.84. The average Bonchev–Trinajstić information content (AvgIpc) is 2.39. The Kier molecular flexibility index (Phi) is 4.57. The summed E-state index contributed by atoms with van der Waals surface area (Å²) >= 11 is 5.93. The van der Waals surface area contributed by atoms with Crippen LogP contribution >= 0.6 is 11.6 Å². The highest BCUT2D eigenvalue weighted by atomic mass is 35.5. The van der Waals surface area contributed by atoms with Gasteiger partial charge in [-0.1, -0.05) is 23.7 Å². The van der Waals surface area contributed by atoms with Gasteiger partial charge in [-0.15, -0.1) is 0 Å². The fourth-order valence-corrected chi connectivity index (χ4v) is 2.05. The van der Waals surface area contributed by atoms with Crippen molar-refractivity contribution in [1.82, 2.24) is 0 Å². The molecule has 0 aliphatic heterocycles. The van der Waals surface area contributed by atoms with Crippen molar-refractivity contribution >= 4 is 11.6 Å². The number of hydrogen-bond donors (Lipinski definition) is 1. The van der Waals surface area contributed by atoms with E-state index in [2.05, 4.69) is 0 Å². The van der Waals surface area contributed by atoms with Crippen molar-refractivity contribution in [2.24, 2.45) is 5.73 Å². The lowest BCUT2D eigenvalue weighted by atomic mass is 10.0. The lowest BCUT2D eigenvalue weighted by Gasteiger charge is -2.23. The van der Waals surface area contributed by atoms with Crippen LogP contribution in [0.2, 0.25) is 5.02 Å². The van der Waals surface area contributed by atoms with Crippen molar-refractivity contribution < 1.29 is 13.5 Å². The predicted molar refractivity (Wildman–Crippen MR) is 74.8 cm³/mol. The van der Waals surface area contributed by atoms with Gasteiger partial charge in [0.15, 0.2) is 0 Å². The van der Waals surface area contributed by atoms with Gasteiger partial charge in [0.05, 0.1) is 5.02 Å². The Morgan fingerprint density at radius 1 is 1.05 bits per heavy atom. The third kappa shape index (κ3) is 3.46. The third-order valence-corrected chi connectivity index (χ3v) is 3.12. The minimum Gasteiger partial charge on any atom is -0.483 e. The third-order valence-electron chi connectivity index (χ3n) is 2.82. The van der Waals surface area contributed by atoms with E-state index in [9.17, 15) is 8.78 Å². The zero-order valence-corrected chi connectivity index (χ0v) is 11.6. The lowest BCUT2D eigenvalue weighted by molar-refractivity contribution is 0.180. The minimum atomic E-state index is -0.501. The summed E-state index contributed by atoms with van der Waals surface area (Å²) < 4.78 is 31.7. The number of benzene rings is 2. The molecule has 0 spiro atoms. The second-order valence-corrected chi connectivity index (χ2v) is 4.93. The molecule has 0 saturated heterocycles. The van der Waals surface area contributed by atoms with Gasteiger partial charge < -0.3 is 10.5 Å². The molecule has 2 nitrogen and oxygen atoms in total. The van der Waals surface area contributed by atoms with Gasteiger partial charge in [0.2, 0.25) is 0 Å². The number of hydrogen-bond acceptors (Lipinski definition) is 2. The van der Waals surface area contributed by atoms with Crippen molar-refractivity contribution in [2.75, 3.05) is 0 Å². The Morgan fingerprint density at radius 3 is 2.20 bits per heavy atom. The number of ether oxygens (including phenoxy) is 1. The topological polar surface area (TPSA) is 35.2 Å². The highest BCUT2D eigenvalue weighted by Crippen LogP contribution is 2.30. The normalized spacial score (nSPS) is 13.8. The summed E-state index contributed by atoms with van der Waals surface area (Å²) in [6.07, 6.45) is -0.501. The fraction of sp³-hybridized carbons (Fsp3) is 0.200. The van der Waals surface area contributed by atoms with Crippen LogP contribution in [0.4, 0.5) is 8.78 Å². The molecule has 0 aromatic heterocycles. The van der Waals surface area contributed by atoms with E-state index < -0.39 is 11.9 Å². The SMILES string of the molecule is CC(N)C(Oc1ccc(F)cc1Cl)c1ccc(F)cc1. The molecule has 0 saturated carbocycles. The summed E-state index contributed by atoms with van der Waals surface area (Å²) in [5, 5.41) is 0.165. The van der Waals surface area contributed by atoms with Gasteiger partial charge in [0.1, 0.15) is 23.5 Å². The van der Waals surface area contributed by atoms with E-state index in [1.807, 2.05) is 0 Å². The van der Waals surface area contributed by atoms with Gasteiger partial charge in [0.25, 0.3) is 0 Å². The van der Waals surface area contributed by atoms with E-state index in [1.165, 1.54) is 30.3 Å². The van der Waals surface area contributed by atoms with Gasteiger partial charge in [-0.05, 0) is 42.8 Å². The van der Waals surface area contributed by atoms with Gasteiger partial charge in [0, 0.05) is 6.04 Å². The molecule has 106 valence electrons. The van der Waals surface area contributed by atoms with Crippen LogP contribution in [0.5, 0.6) is 5.75 Å². The van der Waals surface area contributed by atoms with Crippen molar-refractivity contribution in [1.29, 1.82) is 0 Å². The molecule has 0 amide bonds. The first-order valence-corrected chi connectivity index (χ1v) is 6.48. The quantitative estimate of drug-likeness (QED) is 0.922. The Hall–Kier alpha value is -1.65. The molecule has 0 fully saturated rings. The Balaban J connectivity index is 2.28. The zero-order chi connectivity index (χ0) is 14.7. The first-order chi connectivity index (χ1) is 9.47. The summed E-state index contributed by atoms with van der Waals surface area (Å²) in [6.45, 7) is 1.77. The monoisotopic (exact) mass is 297 g/mol. The zero-order valence-electron chi connectivity index (χ0n) is 10.8.